The number of imidazole rings is 1. The fraction of sp³-hybridized carbons (Fsp3) is 0.105. The summed E-state index contributed by atoms with van der Waals surface area (Å²) in [7, 11) is 1.63. The molecule has 4 aromatic rings. The second-order valence-corrected chi connectivity index (χ2v) is 5.82. The molecule has 2 N–H and O–H groups in total. The highest BCUT2D eigenvalue weighted by Crippen LogP contribution is 2.23. The van der Waals surface area contributed by atoms with Crippen LogP contribution in [0.4, 0.5) is 5.69 Å². The van der Waals surface area contributed by atoms with Crippen LogP contribution in [0, 0.1) is 0 Å². The Bertz CT molecular complexity index is 1000. The van der Waals surface area contributed by atoms with Crippen LogP contribution in [-0.2, 0) is 6.54 Å². The molecule has 130 valence electrons. The van der Waals surface area contributed by atoms with Gasteiger partial charge in [0.05, 0.1) is 13.4 Å². The lowest BCUT2D eigenvalue weighted by atomic mass is 10.2. The monoisotopic (exact) mass is 347 g/mol. The van der Waals surface area contributed by atoms with Crippen molar-refractivity contribution in [1.29, 1.82) is 0 Å². The molecule has 0 unspecified atom stereocenters. The van der Waals surface area contributed by atoms with Gasteiger partial charge in [0.15, 0.2) is 0 Å². The molecule has 0 aliphatic carbocycles. The normalized spacial score (nSPS) is 10.8. The smallest absolute Gasteiger partial charge is 0.278 e. The molecule has 0 atom stereocenters. The molecular formula is C19H17N5O2. The molecule has 4 rings (SSSR count). The molecule has 0 saturated carbocycles. The third-order valence-electron chi connectivity index (χ3n) is 3.97. The van der Waals surface area contributed by atoms with E-state index in [9.17, 15) is 0 Å². The number of ether oxygens (including phenoxy) is 1. The van der Waals surface area contributed by atoms with Crippen LogP contribution >= 0.6 is 0 Å². The van der Waals surface area contributed by atoms with Crippen LogP contribution in [0.1, 0.15) is 5.56 Å². The van der Waals surface area contributed by atoms with Gasteiger partial charge in [0.25, 0.3) is 5.89 Å². The van der Waals surface area contributed by atoms with E-state index in [4.69, 9.17) is 15.0 Å². The lowest BCUT2D eigenvalue weighted by Gasteiger charge is -2.02. The molecular weight excluding hydrogens is 330 g/mol. The zero-order valence-corrected chi connectivity index (χ0v) is 14.2. The average Bonchev–Trinajstić information content (AvgIpc) is 3.33. The number of nitrogens with zero attached hydrogens (tertiary/aromatic N) is 4. The maximum absolute atomic E-state index is 5.71. The van der Waals surface area contributed by atoms with Gasteiger partial charge in [-0.05, 0) is 42.0 Å². The fourth-order valence-electron chi connectivity index (χ4n) is 2.58. The van der Waals surface area contributed by atoms with E-state index in [0.717, 1.165) is 22.6 Å². The maximum Gasteiger partial charge on any atom is 0.278 e. The van der Waals surface area contributed by atoms with Gasteiger partial charge in [0.2, 0.25) is 5.82 Å². The van der Waals surface area contributed by atoms with Gasteiger partial charge in [-0.3, -0.25) is 0 Å². The van der Waals surface area contributed by atoms with Gasteiger partial charge in [-0.2, -0.15) is 4.98 Å². The van der Waals surface area contributed by atoms with E-state index in [0.29, 0.717) is 24.0 Å². The summed E-state index contributed by atoms with van der Waals surface area (Å²) >= 11 is 0. The van der Waals surface area contributed by atoms with Gasteiger partial charge in [-0.25, -0.2) is 4.98 Å². The molecule has 0 radical (unpaired) electrons. The van der Waals surface area contributed by atoms with Crippen LogP contribution in [-0.4, -0.2) is 26.8 Å². The Kier molecular flexibility index (Phi) is 4.10. The van der Waals surface area contributed by atoms with Crippen molar-refractivity contribution in [2.24, 2.45) is 0 Å². The van der Waals surface area contributed by atoms with E-state index in [1.807, 2.05) is 59.3 Å². The first-order valence-corrected chi connectivity index (χ1v) is 8.06. The van der Waals surface area contributed by atoms with Crippen LogP contribution in [0.25, 0.3) is 23.0 Å². The zero-order chi connectivity index (χ0) is 17.9. The first-order chi connectivity index (χ1) is 12.7. The number of hydrogen-bond donors (Lipinski definition) is 1. The molecule has 0 aliphatic heterocycles. The summed E-state index contributed by atoms with van der Waals surface area (Å²) in [5, 5.41) is 4.03. The summed E-state index contributed by atoms with van der Waals surface area (Å²) in [6, 6.07) is 15.2. The van der Waals surface area contributed by atoms with Crippen LogP contribution in [0.2, 0.25) is 0 Å². The predicted molar refractivity (Wildman–Crippen MR) is 97.5 cm³/mol. The van der Waals surface area contributed by atoms with Crippen molar-refractivity contribution in [1.82, 2.24) is 19.7 Å². The summed E-state index contributed by atoms with van der Waals surface area (Å²) in [4.78, 5) is 8.78. The zero-order valence-electron chi connectivity index (χ0n) is 14.2. The fourth-order valence-corrected chi connectivity index (χ4v) is 2.58. The number of hydrogen-bond acceptors (Lipinski definition) is 6. The van der Waals surface area contributed by atoms with Crippen molar-refractivity contribution in [2.45, 2.75) is 6.54 Å². The molecule has 0 bridgehead atoms. The Morgan fingerprint density at radius 1 is 1.08 bits per heavy atom. The number of rotatable bonds is 5. The molecule has 26 heavy (non-hydrogen) atoms. The van der Waals surface area contributed by atoms with Gasteiger partial charge < -0.3 is 19.6 Å². The number of benzene rings is 2. The molecule has 0 saturated heterocycles. The highest BCUT2D eigenvalue weighted by atomic mass is 16.5. The molecule has 7 nitrogen and oxygen atoms in total. The first kappa shape index (κ1) is 15.9. The van der Waals surface area contributed by atoms with Gasteiger partial charge in [-0.1, -0.05) is 17.3 Å². The Balaban J connectivity index is 1.52. The van der Waals surface area contributed by atoms with Crippen molar-refractivity contribution in [3.8, 4) is 28.7 Å². The molecule has 0 fully saturated rings. The van der Waals surface area contributed by atoms with E-state index in [1.165, 1.54) is 0 Å². The van der Waals surface area contributed by atoms with Crippen LogP contribution < -0.4 is 10.5 Å². The lowest BCUT2D eigenvalue weighted by molar-refractivity contribution is 0.414. The van der Waals surface area contributed by atoms with E-state index in [1.54, 1.807) is 13.4 Å². The number of nitrogen functional groups attached to an aromatic ring is 1. The highest BCUT2D eigenvalue weighted by molar-refractivity contribution is 5.58. The van der Waals surface area contributed by atoms with E-state index < -0.39 is 0 Å². The molecule has 2 aromatic heterocycles. The second-order valence-electron chi connectivity index (χ2n) is 5.82. The molecule has 0 aliphatic rings. The number of nitrogens with two attached hydrogens (primary N) is 1. The molecule has 0 spiro atoms. The Morgan fingerprint density at radius 2 is 1.85 bits per heavy atom. The standard InChI is InChI=1S/C19H17N5O2/c1-25-16-8-4-14(5-9-16)18-22-19(26-23-18)17-11-24(12-21-17)10-13-2-6-15(20)7-3-13/h2-9,11-12H,10,20H2,1H3. The van der Waals surface area contributed by atoms with Crippen molar-refractivity contribution in [3.05, 3.63) is 66.6 Å². The van der Waals surface area contributed by atoms with Crippen LogP contribution in [0.3, 0.4) is 0 Å². The third-order valence-corrected chi connectivity index (χ3v) is 3.97. The summed E-state index contributed by atoms with van der Waals surface area (Å²) in [6.45, 7) is 0.687. The van der Waals surface area contributed by atoms with Crippen LogP contribution in [0.15, 0.2) is 65.6 Å². The van der Waals surface area contributed by atoms with E-state index >= 15 is 0 Å². The summed E-state index contributed by atoms with van der Waals surface area (Å²) in [5.41, 5.74) is 9.07. The van der Waals surface area contributed by atoms with Crippen molar-refractivity contribution >= 4 is 5.69 Å². The maximum atomic E-state index is 5.71. The molecule has 2 heterocycles. The highest BCUT2D eigenvalue weighted by Gasteiger charge is 2.13. The summed E-state index contributed by atoms with van der Waals surface area (Å²) in [5.74, 6) is 1.67. The van der Waals surface area contributed by atoms with Crippen molar-refractivity contribution in [2.75, 3.05) is 12.8 Å². The van der Waals surface area contributed by atoms with E-state index in [-0.39, 0.29) is 0 Å². The average molecular weight is 347 g/mol. The van der Waals surface area contributed by atoms with Gasteiger partial charge in [0, 0.05) is 24.0 Å². The lowest BCUT2D eigenvalue weighted by Crippen LogP contribution is -1.96. The van der Waals surface area contributed by atoms with Gasteiger partial charge in [0.1, 0.15) is 11.4 Å². The molecule has 2 aromatic carbocycles. The minimum Gasteiger partial charge on any atom is -0.497 e. The van der Waals surface area contributed by atoms with Crippen molar-refractivity contribution in [3.63, 3.8) is 0 Å². The molecule has 0 amide bonds. The quantitative estimate of drug-likeness (QED) is 0.557. The third kappa shape index (κ3) is 3.27. The minimum absolute atomic E-state index is 0.381. The number of methoxy groups -OCH3 is 1. The van der Waals surface area contributed by atoms with Crippen LogP contribution in [0.5, 0.6) is 5.75 Å². The first-order valence-electron chi connectivity index (χ1n) is 8.06. The summed E-state index contributed by atoms with van der Waals surface area (Å²) in [6.07, 6.45) is 3.62. The Morgan fingerprint density at radius 3 is 2.58 bits per heavy atom. The minimum atomic E-state index is 0.381. The van der Waals surface area contributed by atoms with Crippen molar-refractivity contribution < 1.29 is 9.26 Å². The van der Waals surface area contributed by atoms with E-state index in [2.05, 4.69) is 15.1 Å². The van der Waals surface area contributed by atoms with Gasteiger partial charge in [-0.15, -0.1) is 0 Å². The Labute approximate surface area is 150 Å². The SMILES string of the molecule is COc1ccc(-c2noc(-c3cn(Cc4ccc(N)cc4)cn3)n2)cc1. The topological polar surface area (TPSA) is 92.0 Å². The summed E-state index contributed by atoms with van der Waals surface area (Å²) < 4.78 is 12.5. The largest absolute Gasteiger partial charge is 0.497 e. The second kappa shape index (κ2) is 6.72. The number of aromatic nitrogens is 4. The van der Waals surface area contributed by atoms with Gasteiger partial charge >= 0.3 is 0 Å². The molecule has 7 heteroatoms. The predicted octanol–water partition coefficient (Wildman–Crippen LogP) is 3.24. The Hall–Kier alpha value is -3.61. The number of anilines is 1.